The Kier molecular flexibility index (Phi) is 6.02. The molecule has 1 heterocycles. The monoisotopic (exact) mass is 263 g/mol. The summed E-state index contributed by atoms with van der Waals surface area (Å²) in [6.07, 6.45) is 6.53. The van der Waals surface area contributed by atoms with E-state index >= 15 is 0 Å². The van der Waals surface area contributed by atoms with Crippen molar-refractivity contribution in [2.75, 3.05) is 33.4 Å². The highest BCUT2D eigenvalue weighted by Gasteiger charge is 2.08. The van der Waals surface area contributed by atoms with Crippen molar-refractivity contribution in [2.45, 2.75) is 32.1 Å². The molecule has 1 aliphatic heterocycles. The third-order valence-corrected chi connectivity index (χ3v) is 3.65. The van der Waals surface area contributed by atoms with Crippen LogP contribution in [-0.4, -0.2) is 38.3 Å². The van der Waals surface area contributed by atoms with Crippen LogP contribution in [-0.2, 0) is 0 Å². The van der Waals surface area contributed by atoms with Crippen LogP contribution >= 0.6 is 0 Å². The molecule has 0 unspecified atom stereocenters. The molecule has 1 aromatic carbocycles. The first-order valence-corrected chi connectivity index (χ1v) is 7.38. The Balaban J connectivity index is 1.55. The normalized spacial score (nSPS) is 16.3. The standard InChI is InChI=1S/C16H25NO2/c1-18-15-7-9-16(10-8-15)19-14-6-5-13-17-11-3-2-4-12-17/h7-10H,2-6,11-14H2,1H3. The Morgan fingerprint density at radius 3 is 2.32 bits per heavy atom. The average Bonchev–Trinajstić information content (AvgIpc) is 2.49. The van der Waals surface area contributed by atoms with E-state index in [2.05, 4.69) is 4.90 Å². The van der Waals surface area contributed by atoms with E-state index in [4.69, 9.17) is 9.47 Å². The lowest BCUT2D eigenvalue weighted by molar-refractivity contribution is 0.216. The van der Waals surface area contributed by atoms with Crippen LogP contribution in [0.25, 0.3) is 0 Å². The second kappa shape index (κ2) is 8.05. The molecule has 0 radical (unpaired) electrons. The zero-order chi connectivity index (χ0) is 13.3. The molecule has 0 spiro atoms. The second-order valence-electron chi connectivity index (χ2n) is 5.13. The van der Waals surface area contributed by atoms with Crippen molar-refractivity contribution in [3.05, 3.63) is 24.3 Å². The molecule has 2 rings (SSSR count). The van der Waals surface area contributed by atoms with Crippen molar-refractivity contribution in [3.63, 3.8) is 0 Å². The number of methoxy groups -OCH3 is 1. The fraction of sp³-hybridized carbons (Fsp3) is 0.625. The second-order valence-corrected chi connectivity index (χ2v) is 5.13. The van der Waals surface area contributed by atoms with Gasteiger partial charge >= 0.3 is 0 Å². The summed E-state index contributed by atoms with van der Waals surface area (Å²) in [6, 6.07) is 7.79. The maximum absolute atomic E-state index is 5.72. The van der Waals surface area contributed by atoms with Crippen LogP contribution in [0.5, 0.6) is 11.5 Å². The molecule has 0 bridgehead atoms. The average molecular weight is 263 g/mol. The highest BCUT2D eigenvalue weighted by Crippen LogP contribution is 2.17. The van der Waals surface area contributed by atoms with Crippen LogP contribution in [0, 0.1) is 0 Å². The molecule has 0 N–H and O–H groups in total. The molecule has 1 aromatic rings. The number of hydrogen-bond acceptors (Lipinski definition) is 3. The van der Waals surface area contributed by atoms with E-state index in [1.165, 1.54) is 45.3 Å². The molecule has 106 valence electrons. The molecular formula is C16H25NO2. The number of ether oxygens (including phenoxy) is 2. The largest absolute Gasteiger partial charge is 0.497 e. The molecule has 1 saturated heterocycles. The summed E-state index contributed by atoms with van der Waals surface area (Å²) >= 11 is 0. The number of unbranched alkanes of at least 4 members (excludes halogenated alkanes) is 1. The molecule has 0 amide bonds. The first-order chi connectivity index (χ1) is 9.38. The van der Waals surface area contributed by atoms with E-state index in [9.17, 15) is 0 Å². The van der Waals surface area contributed by atoms with Gasteiger partial charge in [0.25, 0.3) is 0 Å². The molecule has 3 nitrogen and oxygen atoms in total. The van der Waals surface area contributed by atoms with E-state index < -0.39 is 0 Å². The minimum atomic E-state index is 0.806. The van der Waals surface area contributed by atoms with Gasteiger partial charge in [0.1, 0.15) is 11.5 Å². The van der Waals surface area contributed by atoms with Crippen LogP contribution in [0.1, 0.15) is 32.1 Å². The van der Waals surface area contributed by atoms with Gasteiger partial charge in [-0.25, -0.2) is 0 Å². The van der Waals surface area contributed by atoms with Crippen molar-refractivity contribution < 1.29 is 9.47 Å². The van der Waals surface area contributed by atoms with Crippen LogP contribution in [0.4, 0.5) is 0 Å². The summed E-state index contributed by atoms with van der Waals surface area (Å²) in [6.45, 7) is 4.62. The Labute approximate surface area is 116 Å². The first-order valence-electron chi connectivity index (χ1n) is 7.38. The molecule has 0 atom stereocenters. The van der Waals surface area contributed by atoms with Gasteiger partial charge in [0.05, 0.1) is 13.7 Å². The molecule has 3 heteroatoms. The predicted octanol–water partition coefficient (Wildman–Crippen LogP) is 3.34. The number of rotatable bonds is 7. The zero-order valence-electron chi connectivity index (χ0n) is 11.9. The fourth-order valence-corrected chi connectivity index (χ4v) is 2.48. The summed E-state index contributed by atoms with van der Waals surface area (Å²) in [5, 5.41) is 0. The summed E-state index contributed by atoms with van der Waals surface area (Å²) in [7, 11) is 1.68. The highest BCUT2D eigenvalue weighted by atomic mass is 16.5. The number of nitrogens with zero attached hydrogens (tertiary/aromatic N) is 1. The van der Waals surface area contributed by atoms with E-state index in [0.29, 0.717) is 0 Å². The van der Waals surface area contributed by atoms with E-state index in [0.717, 1.165) is 24.5 Å². The lowest BCUT2D eigenvalue weighted by Gasteiger charge is -2.26. The van der Waals surface area contributed by atoms with Crippen molar-refractivity contribution in [3.8, 4) is 11.5 Å². The first kappa shape index (κ1) is 14.2. The smallest absolute Gasteiger partial charge is 0.119 e. The Bertz CT molecular complexity index is 344. The van der Waals surface area contributed by atoms with Crippen molar-refractivity contribution >= 4 is 0 Å². The van der Waals surface area contributed by atoms with Crippen LogP contribution in [0.3, 0.4) is 0 Å². The molecule has 0 aliphatic carbocycles. The van der Waals surface area contributed by atoms with Gasteiger partial charge in [-0.1, -0.05) is 6.42 Å². The molecule has 0 aromatic heterocycles. The van der Waals surface area contributed by atoms with Crippen LogP contribution < -0.4 is 9.47 Å². The summed E-state index contributed by atoms with van der Waals surface area (Å²) in [5.41, 5.74) is 0. The predicted molar refractivity (Wildman–Crippen MR) is 78.0 cm³/mol. The minimum absolute atomic E-state index is 0.806. The van der Waals surface area contributed by atoms with Gasteiger partial charge in [0.15, 0.2) is 0 Å². The minimum Gasteiger partial charge on any atom is -0.497 e. The molecular weight excluding hydrogens is 238 g/mol. The van der Waals surface area contributed by atoms with Gasteiger partial charge in [-0.3, -0.25) is 0 Å². The van der Waals surface area contributed by atoms with Crippen LogP contribution in [0.2, 0.25) is 0 Å². The summed E-state index contributed by atoms with van der Waals surface area (Å²) in [4.78, 5) is 2.58. The number of likely N-dealkylation sites (tertiary alicyclic amines) is 1. The van der Waals surface area contributed by atoms with Crippen molar-refractivity contribution in [2.24, 2.45) is 0 Å². The summed E-state index contributed by atoms with van der Waals surface area (Å²) in [5.74, 6) is 1.80. The third-order valence-electron chi connectivity index (χ3n) is 3.65. The number of piperidine rings is 1. The quantitative estimate of drug-likeness (QED) is 0.704. The zero-order valence-corrected chi connectivity index (χ0v) is 11.9. The van der Waals surface area contributed by atoms with Crippen LogP contribution in [0.15, 0.2) is 24.3 Å². The van der Waals surface area contributed by atoms with Gasteiger partial charge in [-0.2, -0.15) is 0 Å². The number of benzene rings is 1. The molecule has 1 fully saturated rings. The molecule has 0 saturated carbocycles. The Hall–Kier alpha value is -1.22. The fourth-order valence-electron chi connectivity index (χ4n) is 2.48. The SMILES string of the molecule is COc1ccc(OCCCCN2CCCCC2)cc1. The van der Waals surface area contributed by atoms with Gasteiger partial charge in [0.2, 0.25) is 0 Å². The topological polar surface area (TPSA) is 21.7 Å². The number of hydrogen-bond donors (Lipinski definition) is 0. The van der Waals surface area contributed by atoms with Gasteiger partial charge < -0.3 is 14.4 Å². The molecule has 1 aliphatic rings. The lowest BCUT2D eigenvalue weighted by atomic mass is 10.1. The van der Waals surface area contributed by atoms with E-state index in [-0.39, 0.29) is 0 Å². The van der Waals surface area contributed by atoms with Gasteiger partial charge in [0, 0.05) is 0 Å². The van der Waals surface area contributed by atoms with Crippen molar-refractivity contribution in [1.82, 2.24) is 4.90 Å². The highest BCUT2D eigenvalue weighted by molar-refractivity contribution is 5.31. The Morgan fingerprint density at radius 2 is 1.63 bits per heavy atom. The van der Waals surface area contributed by atoms with Gasteiger partial charge in [-0.05, 0) is 69.6 Å². The van der Waals surface area contributed by atoms with Gasteiger partial charge in [-0.15, -0.1) is 0 Å². The van der Waals surface area contributed by atoms with E-state index in [1.54, 1.807) is 7.11 Å². The Morgan fingerprint density at radius 1 is 0.947 bits per heavy atom. The lowest BCUT2D eigenvalue weighted by Crippen LogP contribution is -2.30. The molecule has 19 heavy (non-hydrogen) atoms. The van der Waals surface area contributed by atoms with E-state index in [1.807, 2.05) is 24.3 Å². The van der Waals surface area contributed by atoms with Crippen molar-refractivity contribution in [1.29, 1.82) is 0 Å². The maximum atomic E-state index is 5.72. The summed E-state index contributed by atoms with van der Waals surface area (Å²) < 4.78 is 10.8. The maximum Gasteiger partial charge on any atom is 0.119 e. The third kappa shape index (κ3) is 5.11.